The number of anilines is 1. The van der Waals surface area contributed by atoms with Crippen molar-refractivity contribution in [3.05, 3.63) is 29.3 Å². The molecule has 0 radical (unpaired) electrons. The number of carbonyl (C=O) groups is 4. The molecule has 20 heavy (non-hydrogen) atoms. The molecule has 0 saturated carbocycles. The van der Waals surface area contributed by atoms with Crippen molar-refractivity contribution in [1.29, 1.82) is 0 Å². The van der Waals surface area contributed by atoms with Crippen molar-refractivity contribution >= 4 is 29.7 Å². The van der Waals surface area contributed by atoms with Crippen LogP contribution in [0.3, 0.4) is 0 Å². The minimum Gasteiger partial charge on any atom is -0.399 e. The minimum absolute atomic E-state index is 0.0137. The van der Waals surface area contributed by atoms with Gasteiger partial charge in [0.2, 0.25) is 5.91 Å². The molecular weight excluding hydrogens is 262 g/mol. The molecule has 4 N–H and O–H groups in total. The molecule has 1 heterocycles. The highest BCUT2D eigenvalue weighted by Gasteiger charge is 2.41. The molecule has 1 atom stereocenters. The van der Waals surface area contributed by atoms with Crippen LogP contribution in [0.15, 0.2) is 18.2 Å². The number of nitrogen functional groups attached to an aromatic ring is 1. The smallest absolute Gasteiger partial charge is 0.262 e. The predicted octanol–water partition coefficient (Wildman–Crippen LogP) is -0.302. The average molecular weight is 275 g/mol. The molecule has 0 bridgehead atoms. The molecule has 7 heteroatoms. The summed E-state index contributed by atoms with van der Waals surface area (Å²) in [5.41, 5.74) is 11.5. The van der Waals surface area contributed by atoms with E-state index in [0.717, 1.165) is 4.90 Å². The topological polar surface area (TPSA) is 124 Å². The van der Waals surface area contributed by atoms with Gasteiger partial charge in [0.05, 0.1) is 11.1 Å². The van der Waals surface area contributed by atoms with Crippen molar-refractivity contribution in [1.82, 2.24) is 4.90 Å². The zero-order valence-corrected chi connectivity index (χ0v) is 10.5. The molecule has 1 unspecified atom stereocenters. The summed E-state index contributed by atoms with van der Waals surface area (Å²) in [6.45, 7) is 0. The van der Waals surface area contributed by atoms with Gasteiger partial charge in [0, 0.05) is 12.1 Å². The van der Waals surface area contributed by atoms with Crippen LogP contribution >= 0.6 is 0 Å². The van der Waals surface area contributed by atoms with Gasteiger partial charge in [-0.1, -0.05) is 0 Å². The summed E-state index contributed by atoms with van der Waals surface area (Å²) in [4.78, 5) is 47.1. The molecule has 0 aromatic heterocycles. The van der Waals surface area contributed by atoms with Gasteiger partial charge in [0.1, 0.15) is 12.3 Å². The number of nitrogens with zero attached hydrogens (tertiary/aromatic N) is 1. The standard InChI is InChI=1S/C13H13N3O4/c14-7-3-4-8-9(6-7)13(20)16(12(8)19)10(11(15)18)2-1-5-17/h3-6,10H,1-2,14H2,(H2,15,18). The van der Waals surface area contributed by atoms with Gasteiger partial charge in [-0.15, -0.1) is 0 Å². The molecule has 0 spiro atoms. The molecule has 2 rings (SSSR count). The third-order valence-electron chi connectivity index (χ3n) is 3.14. The van der Waals surface area contributed by atoms with E-state index < -0.39 is 23.8 Å². The summed E-state index contributed by atoms with van der Waals surface area (Å²) >= 11 is 0. The molecule has 104 valence electrons. The first kappa shape index (κ1) is 13.7. The van der Waals surface area contributed by atoms with E-state index in [9.17, 15) is 19.2 Å². The normalized spacial score (nSPS) is 15.1. The van der Waals surface area contributed by atoms with E-state index >= 15 is 0 Å². The van der Waals surface area contributed by atoms with Crippen LogP contribution in [-0.2, 0) is 9.59 Å². The van der Waals surface area contributed by atoms with Gasteiger partial charge in [0.15, 0.2) is 0 Å². The van der Waals surface area contributed by atoms with Crippen molar-refractivity contribution in [3.63, 3.8) is 0 Å². The van der Waals surface area contributed by atoms with Gasteiger partial charge in [-0.3, -0.25) is 19.3 Å². The van der Waals surface area contributed by atoms with Gasteiger partial charge in [-0.25, -0.2) is 0 Å². The maximum absolute atomic E-state index is 12.2. The molecule has 0 aliphatic carbocycles. The lowest BCUT2D eigenvalue weighted by molar-refractivity contribution is -0.122. The van der Waals surface area contributed by atoms with Gasteiger partial charge in [-0.05, 0) is 24.6 Å². The van der Waals surface area contributed by atoms with E-state index in [-0.39, 0.29) is 24.0 Å². The summed E-state index contributed by atoms with van der Waals surface area (Å²) in [5.74, 6) is -2.04. The van der Waals surface area contributed by atoms with Crippen LogP contribution in [-0.4, -0.2) is 34.9 Å². The fourth-order valence-electron chi connectivity index (χ4n) is 2.18. The van der Waals surface area contributed by atoms with E-state index in [2.05, 4.69) is 0 Å². The number of benzene rings is 1. The van der Waals surface area contributed by atoms with Crippen molar-refractivity contribution in [2.75, 3.05) is 5.73 Å². The van der Waals surface area contributed by atoms with Crippen molar-refractivity contribution in [2.45, 2.75) is 18.9 Å². The first-order chi connectivity index (χ1) is 9.47. The third-order valence-corrected chi connectivity index (χ3v) is 3.14. The predicted molar refractivity (Wildman–Crippen MR) is 69.6 cm³/mol. The Balaban J connectivity index is 2.39. The molecule has 1 aliphatic heterocycles. The van der Waals surface area contributed by atoms with Gasteiger partial charge in [0.25, 0.3) is 11.8 Å². The zero-order chi connectivity index (χ0) is 14.9. The molecular formula is C13H13N3O4. The van der Waals surface area contributed by atoms with Crippen molar-refractivity contribution in [2.24, 2.45) is 5.73 Å². The fourth-order valence-corrected chi connectivity index (χ4v) is 2.18. The van der Waals surface area contributed by atoms with Crippen molar-refractivity contribution < 1.29 is 19.2 Å². The molecule has 7 nitrogen and oxygen atoms in total. The summed E-state index contributed by atoms with van der Waals surface area (Å²) in [6.07, 6.45) is 0.648. The average Bonchev–Trinajstić information content (AvgIpc) is 2.63. The van der Waals surface area contributed by atoms with Crippen LogP contribution in [0.5, 0.6) is 0 Å². The second kappa shape index (κ2) is 5.12. The number of rotatable bonds is 5. The van der Waals surface area contributed by atoms with Crippen LogP contribution < -0.4 is 11.5 Å². The highest BCUT2D eigenvalue weighted by Crippen LogP contribution is 2.27. The Morgan fingerprint density at radius 1 is 1.25 bits per heavy atom. The highest BCUT2D eigenvalue weighted by atomic mass is 16.2. The number of amides is 3. The number of primary amides is 1. The van der Waals surface area contributed by atoms with Crippen LogP contribution in [0.25, 0.3) is 0 Å². The third kappa shape index (κ3) is 2.13. The Kier molecular flexibility index (Phi) is 3.51. The summed E-state index contributed by atoms with van der Waals surface area (Å²) in [7, 11) is 0. The molecule has 3 amide bonds. The minimum atomic E-state index is -1.13. The first-order valence-electron chi connectivity index (χ1n) is 5.97. The van der Waals surface area contributed by atoms with Gasteiger partial charge >= 0.3 is 0 Å². The fraction of sp³-hybridized carbons (Fsp3) is 0.231. The lowest BCUT2D eigenvalue weighted by atomic mass is 10.1. The van der Waals surface area contributed by atoms with Crippen LogP contribution in [0.4, 0.5) is 5.69 Å². The lowest BCUT2D eigenvalue weighted by Gasteiger charge is -2.22. The second-order valence-corrected chi connectivity index (χ2v) is 4.45. The quantitative estimate of drug-likeness (QED) is 0.433. The monoisotopic (exact) mass is 275 g/mol. The first-order valence-corrected chi connectivity index (χ1v) is 5.97. The summed E-state index contributed by atoms with van der Waals surface area (Å²) < 4.78 is 0. The number of aldehydes is 1. The largest absolute Gasteiger partial charge is 0.399 e. The SMILES string of the molecule is NC(=O)C(CCC=O)N1C(=O)c2ccc(N)cc2C1=O. The van der Waals surface area contributed by atoms with E-state index in [1.54, 1.807) is 0 Å². The molecule has 0 fully saturated rings. The van der Waals surface area contributed by atoms with E-state index in [4.69, 9.17) is 11.5 Å². The molecule has 1 aliphatic rings. The van der Waals surface area contributed by atoms with Crippen LogP contribution in [0, 0.1) is 0 Å². The number of imide groups is 1. The van der Waals surface area contributed by atoms with E-state index in [1.165, 1.54) is 18.2 Å². The molecule has 0 saturated heterocycles. The van der Waals surface area contributed by atoms with Crippen molar-refractivity contribution in [3.8, 4) is 0 Å². The molecule has 1 aromatic rings. The maximum Gasteiger partial charge on any atom is 0.262 e. The van der Waals surface area contributed by atoms with Gasteiger partial charge < -0.3 is 16.3 Å². The molecule has 1 aromatic carbocycles. The van der Waals surface area contributed by atoms with Crippen LogP contribution in [0.2, 0.25) is 0 Å². The second-order valence-electron chi connectivity index (χ2n) is 4.45. The Hall–Kier alpha value is -2.70. The Morgan fingerprint density at radius 3 is 2.50 bits per heavy atom. The number of nitrogens with two attached hydrogens (primary N) is 2. The maximum atomic E-state index is 12.2. The van der Waals surface area contributed by atoms with E-state index in [0.29, 0.717) is 12.0 Å². The van der Waals surface area contributed by atoms with E-state index in [1.807, 2.05) is 0 Å². The number of hydrogen-bond donors (Lipinski definition) is 2. The van der Waals surface area contributed by atoms with Gasteiger partial charge in [-0.2, -0.15) is 0 Å². The van der Waals surface area contributed by atoms with Crippen LogP contribution in [0.1, 0.15) is 33.6 Å². The number of fused-ring (bicyclic) bond motifs is 1. The Labute approximate surface area is 114 Å². The lowest BCUT2D eigenvalue weighted by Crippen LogP contribution is -2.47. The highest BCUT2D eigenvalue weighted by molar-refractivity contribution is 6.23. The number of carbonyl (C=O) groups excluding carboxylic acids is 4. The zero-order valence-electron chi connectivity index (χ0n) is 10.5. The Bertz CT molecular complexity index is 612. The Morgan fingerprint density at radius 2 is 1.90 bits per heavy atom. The number of hydrogen-bond acceptors (Lipinski definition) is 5. The summed E-state index contributed by atoms with van der Waals surface area (Å²) in [5, 5.41) is 0. The summed E-state index contributed by atoms with van der Waals surface area (Å²) in [6, 6.07) is 3.18.